The van der Waals surface area contributed by atoms with Crippen molar-refractivity contribution in [2.45, 2.75) is 40.5 Å². The molecule has 2 aromatic rings. The molecule has 4 nitrogen and oxygen atoms in total. The maximum Gasteiger partial charge on any atom is 0.314 e. The number of hydrogen-bond donors (Lipinski definition) is 2. The highest BCUT2D eigenvalue weighted by Gasteiger charge is 2.18. The van der Waals surface area contributed by atoms with Gasteiger partial charge in [-0.3, -0.25) is 9.59 Å². The van der Waals surface area contributed by atoms with Crippen LogP contribution in [0, 0.1) is 13.8 Å². The van der Waals surface area contributed by atoms with Gasteiger partial charge in [0.05, 0.1) is 0 Å². The number of carbonyl (C=O) groups excluding carboxylic acids is 2. The molecule has 0 aliphatic carbocycles. The predicted octanol–water partition coefficient (Wildman–Crippen LogP) is 4.01. The molecule has 2 aromatic carbocycles. The first-order valence-corrected chi connectivity index (χ1v) is 8.27. The zero-order chi connectivity index (χ0) is 17.7. The monoisotopic (exact) mass is 324 g/mol. The molecule has 4 heteroatoms. The largest absolute Gasteiger partial charge is 0.317 e. The molecule has 24 heavy (non-hydrogen) atoms. The molecule has 0 unspecified atom stereocenters. The number of aryl methyl sites for hydroxylation is 4. The lowest BCUT2D eigenvalue weighted by molar-refractivity contribution is -0.133. The number of anilines is 2. The summed E-state index contributed by atoms with van der Waals surface area (Å²) in [7, 11) is 0. The Morgan fingerprint density at radius 2 is 1.17 bits per heavy atom. The second-order valence-corrected chi connectivity index (χ2v) is 5.83. The summed E-state index contributed by atoms with van der Waals surface area (Å²) in [5, 5.41) is 5.51. The second kappa shape index (κ2) is 7.77. The Balaban J connectivity index is 2.20. The minimum atomic E-state index is -0.652. The van der Waals surface area contributed by atoms with Crippen LogP contribution in [0.4, 0.5) is 11.4 Å². The lowest BCUT2D eigenvalue weighted by atomic mass is 10.0. The third-order valence-corrected chi connectivity index (χ3v) is 4.16. The van der Waals surface area contributed by atoms with E-state index in [9.17, 15) is 9.59 Å². The summed E-state index contributed by atoms with van der Waals surface area (Å²) >= 11 is 0. The van der Waals surface area contributed by atoms with Crippen LogP contribution in [0.15, 0.2) is 36.4 Å². The van der Waals surface area contributed by atoms with E-state index in [4.69, 9.17) is 0 Å². The Kier molecular flexibility index (Phi) is 5.74. The van der Waals surface area contributed by atoms with Crippen molar-refractivity contribution >= 4 is 23.2 Å². The van der Waals surface area contributed by atoms with E-state index in [0.717, 1.165) is 40.8 Å². The van der Waals surface area contributed by atoms with Crippen LogP contribution in [0.25, 0.3) is 0 Å². The third-order valence-electron chi connectivity index (χ3n) is 4.16. The van der Waals surface area contributed by atoms with E-state index < -0.39 is 11.8 Å². The molecule has 0 radical (unpaired) electrons. The summed E-state index contributed by atoms with van der Waals surface area (Å²) in [5.74, 6) is -1.30. The van der Waals surface area contributed by atoms with Crippen molar-refractivity contribution in [1.82, 2.24) is 0 Å². The number of benzene rings is 2. The highest BCUT2D eigenvalue weighted by Crippen LogP contribution is 2.23. The zero-order valence-corrected chi connectivity index (χ0v) is 14.7. The minimum Gasteiger partial charge on any atom is -0.317 e. The number of amides is 2. The van der Waals surface area contributed by atoms with Crippen molar-refractivity contribution in [2.75, 3.05) is 10.6 Å². The average molecular weight is 324 g/mol. The Labute approximate surface area is 143 Å². The number of para-hydroxylation sites is 2. The van der Waals surface area contributed by atoms with Crippen LogP contribution >= 0.6 is 0 Å². The summed E-state index contributed by atoms with van der Waals surface area (Å²) in [6, 6.07) is 11.6. The van der Waals surface area contributed by atoms with E-state index in [1.54, 1.807) is 0 Å². The van der Waals surface area contributed by atoms with E-state index in [0.29, 0.717) is 5.69 Å². The van der Waals surface area contributed by atoms with Gasteiger partial charge in [-0.2, -0.15) is 0 Å². The van der Waals surface area contributed by atoms with Crippen molar-refractivity contribution in [3.05, 3.63) is 58.7 Å². The highest BCUT2D eigenvalue weighted by atomic mass is 16.2. The van der Waals surface area contributed by atoms with Crippen LogP contribution in [0.1, 0.15) is 36.1 Å². The van der Waals surface area contributed by atoms with Crippen molar-refractivity contribution < 1.29 is 9.59 Å². The molecule has 0 bridgehead atoms. The maximum absolute atomic E-state index is 12.4. The van der Waals surface area contributed by atoms with Gasteiger partial charge < -0.3 is 10.6 Å². The molecule has 0 atom stereocenters. The molecule has 0 saturated carbocycles. The fourth-order valence-electron chi connectivity index (χ4n) is 2.76. The molecule has 2 rings (SSSR count). The smallest absolute Gasteiger partial charge is 0.314 e. The van der Waals surface area contributed by atoms with Gasteiger partial charge in [0.2, 0.25) is 0 Å². The van der Waals surface area contributed by atoms with E-state index in [2.05, 4.69) is 10.6 Å². The molecule has 126 valence electrons. The molecular weight excluding hydrogens is 300 g/mol. The molecule has 0 aromatic heterocycles. The summed E-state index contributed by atoms with van der Waals surface area (Å²) < 4.78 is 0. The van der Waals surface area contributed by atoms with Crippen LogP contribution in [0.2, 0.25) is 0 Å². The Bertz CT molecular complexity index is 724. The van der Waals surface area contributed by atoms with Gasteiger partial charge in [-0.1, -0.05) is 50.2 Å². The van der Waals surface area contributed by atoms with Crippen LogP contribution in [-0.2, 0) is 22.4 Å². The van der Waals surface area contributed by atoms with Crippen LogP contribution in [-0.4, -0.2) is 11.8 Å². The summed E-state index contributed by atoms with van der Waals surface area (Å²) in [6.07, 6.45) is 1.59. The first-order chi connectivity index (χ1) is 11.5. The summed E-state index contributed by atoms with van der Waals surface area (Å²) in [4.78, 5) is 24.6. The van der Waals surface area contributed by atoms with Gasteiger partial charge in [0.25, 0.3) is 0 Å². The number of rotatable bonds is 4. The van der Waals surface area contributed by atoms with Gasteiger partial charge in [0, 0.05) is 11.4 Å². The standard InChI is InChI=1S/C20H24N2O2/c1-5-15-11-8-12-16(6-2)18(15)22-20(24)19(23)21-17-13(3)9-7-10-14(17)4/h7-12H,5-6H2,1-4H3,(H,21,23)(H,22,24). The van der Waals surface area contributed by atoms with E-state index in [1.807, 2.05) is 64.1 Å². The van der Waals surface area contributed by atoms with Crippen molar-refractivity contribution in [3.8, 4) is 0 Å². The van der Waals surface area contributed by atoms with Crippen molar-refractivity contribution in [3.63, 3.8) is 0 Å². The average Bonchev–Trinajstić information content (AvgIpc) is 2.58. The van der Waals surface area contributed by atoms with Crippen LogP contribution in [0.5, 0.6) is 0 Å². The molecule has 2 amide bonds. The Morgan fingerprint density at radius 3 is 1.62 bits per heavy atom. The van der Waals surface area contributed by atoms with E-state index in [-0.39, 0.29) is 0 Å². The normalized spacial score (nSPS) is 10.3. The van der Waals surface area contributed by atoms with Gasteiger partial charge in [-0.25, -0.2) is 0 Å². The Morgan fingerprint density at radius 1 is 0.750 bits per heavy atom. The summed E-state index contributed by atoms with van der Waals surface area (Å²) in [5.41, 5.74) is 5.37. The van der Waals surface area contributed by atoms with Gasteiger partial charge in [-0.05, 0) is 48.9 Å². The Hall–Kier alpha value is -2.62. The SMILES string of the molecule is CCc1cccc(CC)c1NC(=O)C(=O)Nc1c(C)cccc1C. The molecule has 0 heterocycles. The number of nitrogens with one attached hydrogen (secondary N) is 2. The van der Waals surface area contributed by atoms with Crippen molar-refractivity contribution in [2.24, 2.45) is 0 Å². The highest BCUT2D eigenvalue weighted by molar-refractivity contribution is 6.44. The molecule has 0 spiro atoms. The molecule has 0 saturated heterocycles. The number of carbonyl (C=O) groups is 2. The maximum atomic E-state index is 12.4. The van der Waals surface area contributed by atoms with Gasteiger partial charge in [0.1, 0.15) is 0 Å². The quantitative estimate of drug-likeness (QED) is 0.835. The van der Waals surface area contributed by atoms with Gasteiger partial charge in [0.15, 0.2) is 0 Å². The zero-order valence-electron chi connectivity index (χ0n) is 14.7. The first-order valence-electron chi connectivity index (χ1n) is 8.27. The molecule has 0 fully saturated rings. The molecule has 0 aliphatic rings. The lowest BCUT2D eigenvalue weighted by Crippen LogP contribution is -2.30. The topological polar surface area (TPSA) is 58.2 Å². The first kappa shape index (κ1) is 17.7. The molecular formula is C20H24N2O2. The van der Waals surface area contributed by atoms with Crippen LogP contribution < -0.4 is 10.6 Å². The van der Waals surface area contributed by atoms with Crippen molar-refractivity contribution in [1.29, 1.82) is 0 Å². The number of hydrogen-bond acceptors (Lipinski definition) is 2. The van der Waals surface area contributed by atoms with Crippen LogP contribution in [0.3, 0.4) is 0 Å². The molecule has 2 N–H and O–H groups in total. The molecule has 0 aliphatic heterocycles. The fourth-order valence-corrected chi connectivity index (χ4v) is 2.76. The van der Waals surface area contributed by atoms with Gasteiger partial charge in [-0.15, -0.1) is 0 Å². The minimum absolute atomic E-state index is 0.645. The third kappa shape index (κ3) is 3.82. The van der Waals surface area contributed by atoms with E-state index in [1.165, 1.54) is 0 Å². The fraction of sp³-hybridized carbons (Fsp3) is 0.300. The second-order valence-electron chi connectivity index (χ2n) is 5.83. The predicted molar refractivity (Wildman–Crippen MR) is 98.4 cm³/mol. The summed E-state index contributed by atoms with van der Waals surface area (Å²) in [6.45, 7) is 7.87. The van der Waals surface area contributed by atoms with E-state index >= 15 is 0 Å². The van der Waals surface area contributed by atoms with Gasteiger partial charge >= 0.3 is 11.8 Å². The lowest BCUT2D eigenvalue weighted by Gasteiger charge is -2.15.